The monoisotopic (exact) mass is 298 g/mol. The Morgan fingerprint density at radius 2 is 1.80 bits per heavy atom. The van der Waals surface area contributed by atoms with Gasteiger partial charge in [0.25, 0.3) is 0 Å². The number of unbranched alkanes of at least 4 members (excludes halogenated alkanes) is 3. The van der Waals surface area contributed by atoms with Crippen molar-refractivity contribution in [3.63, 3.8) is 0 Å². The van der Waals surface area contributed by atoms with Gasteiger partial charge in [0.05, 0.1) is 4.90 Å². The van der Waals surface area contributed by atoms with Gasteiger partial charge in [-0.1, -0.05) is 32.3 Å². The first-order chi connectivity index (χ1) is 9.42. The number of rotatable bonds is 8. The summed E-state index contributed by atoms with van der Waals surface area (Å²) >= 11 is 0. The SMILES string of the molecule is CCCCCCNS(=O)(=O)c1cc(CN)c(C)cc1C. The average Bonchev–Trinajstić information content (AvgIpc) is 2.38. The van der Waals surface area contributed by atoms with Crippen molar-refractivity contribution in [2.24, 2.45) is 5.73 Å². The van der Waals surface area contributed by atoms with E-state index >= 15 is 0 Å². The van der Waals surface area contributed by atoms with Gasteiger partial charge in [0.15, 0.2) is 0 Å². The van der Waals surface area contributed by atoms with Crippen molar-refractivity contribution in [1.82, 2.24) is 4.72 Å². The van der Waals surface area contributed by atoms with E-state index in [4.69, 9.17) is 5.73 Å². The van der Waals surface area contributed by atoms with Crippen LogP contribution in [0.1, 0.15) is 49.3 Å². The van der Waals surface area contributed by atoms with E-state index in [-0.39, 0.29) is 0 Å². The van der Waals surface area contributed by atoms with Crippen molar-refractivity contribution >= 4 is 10.0 Å². The maximum absolute atomic E-state index is 12.3. The van der Waals surface area contributed by atoms with Crippen LogP contribution in [0.15, 0.2) is 17.0 Å². The van der Waals surface area contributed by atoms with Crippen LogP contribution in [0, 0.1) is 13.8 Å². The zero-order chi connectivity index (χ0) is 15.2. The van der Waals surface area contributed by atoms with Gasteiger partial charge in [-0.2, -0.15) is 0 Å². The van der Waals surface area contributed by atoms with Gasteiger partial charge < -0.3 is 5.73 Å². The Morgan fingerprint density at radius 1 is 1.10 bits per heavy atom. The smallest absolute Gasteiger partial charge is 0.240 e. The lowest BCUT2D eigenvalue weighted by Crippen LogP contribution is -2.26. The van der Waals surface area contributed by atoms with E-state index in [1.165, 1.54) is 0 Å². The Hall–Kier alpha value is -0.910. The molecule has 0 aliphatic heterocycles. The van der Waals surface area contributed by atoms with E-state index < -0.39 is 10.0 Å². The molecule has 0 heterocycles. The summed E-state index contributed by atoms with van der Waals surface area (Å²) in [6.45, 7) is 6.75. The summed E-state index contributed by atoms with van der Waals surface area (Å²) in [5.41, 5.74) is 8.33. The van der Waals surface area contributed by atoms with E-state index in [0.29, 0.717) is 18.0 Å². The summed E-state index contributed by atoms with van der Waals surface area (Å²) < 4.78 is 27.3. The molecule has 1 aromatic rings. The summed E-state index contributed by atoms with van der Waals surface area (Å²) in [7, 11) is -3.43. The highest BCUT2D eigenvalue weighted by Gasteiger charge is 2.17. The van der Waals surface area contributed by atoms with Crippen molar-refractivity contribution in [3.8, 4) is 0 Å². The molecule has 0 aromatic heterocycles. The van der Waals surface area contributed by atoms with Crippen molar-refractivity contribution in [2.45, 2.75) is 57.9 Å². The number of sulfonamides is 1. The Kier molecular flexibility index (Phi) is 6.65. The van der Waals surface area contributed by atoms with Crippen LogP contribution in [0.25, 0.3) is 0 Å². The summed E-state index contributed by atoms with van der Waals surface area (Å²) in [6, 6.07) is 3.58. The third-order valence-corrected chi connectivity index (χ3v) is 5.07. The standard InChI is InChI=1S/C15H26N2O2S/c1-4-5-6-7-8-17-20(18,19)15-10-14(11-16)12(2)9-13(15)3/h9-10,17H,4-8,11,16H2,1-3H3. The van der Waals surface area contributed by atoms with Gasteiger partial charge >= 0.3 is 0 Å². The van der Waals surface area contributed by atoms with Gasteiger partial charge in [0.2, 0.25) is 10.0 Å². The van der Waals surface area contributed by atoms with Gasteiger partial charge in [0.1, 0.15) is 0 Å². The van der Waals surface area contributed by atoms with E-state index in [2.05, 4.69) is 11.6 Å². The zero-order valence-corrected chi connectivity index (χ0v) is 13.5. The Bertz CT molecular complexity index is 539. The second-order valence-electron chi connectivity index (χ2n) is 5.21. The molecule has 0 unspecified atom stereocenters. The molecule has 114 valence electrons. The van der Waals surface area contributed by atoms with Crippen LogP contribution < -0.4 is 10.5 Å². The van der Waals surface area contributed by atoms with Gasteiger partial charge in [0, 0.05) is 13.1 Å². The summed E-state index contributed by atoms with van der Waals surface area (Å²) in [4.78, 5) is 0.346. The molecule has 0 amide bonds. The molecule has 0 bridgehead atoms. The molecule has 0 saturated heterocycles. The molecule has 0 radical (unpaired) electrons. The van der Waals surface area contributed by atoms with Crippen LogP contribution in [-0.4, -0.2) is 15.0 Å². The molecular formula is C15H26N2O2S. The maximum atomic E-state index is 12.3. The second-order valence-corrected chi connectivity index (χ2v) is 6.94. The molecule has 1 aromatic carbocycles. The molecule has 4 nitrogen and oxygen atoms in total. The molecule has 5 heteroatoms. The molecule has 20 heavy (non-hydrogen) atoms. The fraction of sp³-hybridized carbons (Fsp3) is 0.600. The van der Waals surface area contributed by atoms with Crippen molar-refractivity contribution in [2.75, 3.05) is 6.54 Å². The lowest BCUT2D eigenvalue weighted by atomic mass is 10.1. The van der Waals surface area contributed by atoms with Crippen LogP contribution in [-0.2, 0) is 16.6 Å². The Labute approximate surface area is 122 Å². The van der Waals surface area contributed by atoms with Crippen LogP contribution in [0.4, 0.5) is 0 Å². The predicted molar refractivity (Wildman–Crippen MR) is 83.1 cm³/mol. The van der Waals surface area contributed by atoms with Gasteiger partial charge in [-0.25, -0.2) is 13.1 Å². The normalized spacial score (nSPS) is 11.8. The Balaban J connectivity index is 2.82. The lowest BCUT2D eigenvalue weighted by Gasteiger charge is -2.12. The van der Waals surface area contributed by atoms with E-state index in [1.807, 2.05) is 19.9 Å². The Morgan fingerprint density at radius 3 is 2.40 bits per heavy atom. The van der Waals surface area contributed by atoms with Crippen molar-refractivity contribution in [3.05, 3.63) is 28.8 Å². The van der Waals surface area contributed by atoms with Gasteiger partial charge in [-0.15, -0.1) is 0 Å². The first-order valence-corrected chi connectivity index (χ1v) is 8.70. The third kappa shape index (κ3) is 4.58. The number of hydrogen-bond acceptors (Lipinski definition) is 3. The largest absolute Gasteiger partial charge is 0.326 e. The predicted octanol–water partition coefficient (Wildman–Crippen LogP) is 2.62. The number of nitrogens with two attached hydrogens (primary N) is 1. The van der Waals surface area contributed by atoms with Crippen molar-refractivity contribution < 1.29 is 8.42 Å². The first-order valence-electron chi connectivity index (χ1n) is 7.22. The van der Waals surface area contributed by atoms with Crippen LogP contribution >= 0.6 is 0 Å². The number of nitrogens with one attached hydrogen (secondary N) is 1. The van der Waals surface area contributed by atoms with E-state index in [0.717, 1.165) is 42.4 Å². The summed E-state index contributed by atoms with van der Waals surface area (Å²) in [6.07, 6.45) is 4.22. The van der Waals surface area contributed by atoms with Crippen LogP contribution in [0.3, 0.4) is 0 Å². The number of hydrogen-bond donors (Lipinski definition) is 2. The number of aryl methyl sites for hydroxylation is 2. The minimum atomic E-state index is -3.43. The number of benzene rings is 1. The molecule has 0 atom stereocenters. The highest BCUT2D eigenvalue weighted by atomic mass is 32.2. The highest BCUT2D eigenvalue weighted by Crippen LogP contribution is 2.20. The molecule has 3 N–H and O–H groups in total. The summed E-state index contributed by atoms with van der Waals surface area (Å²) in [5.74, 6) is 0. The van der Waals surface area contributed by atoms with Crippen LogP contribution in [0.5, 0.6) is 0 Å². The zero-order valence-electron chi connectivity index (χ0n) is 12.7. The second kappa shape index (κ2) is 7.76. The molecule has 0 spiro atoms. The molecule has 0 fully saturated rings. The maximum Gasteiger partial charge on any atom is 0.240 e. The fourth-order valence-corrected chi connectivity index (χ4v) is 3.57. The topological polar surface area (TPSA) is 72.2 Å². The molecule has 0 aliphatic rings. The highest BCUT2D eigenvalue weighted by molar-refractivity contribution is 7.89. The van der Waals surface area contributed by atoms with Crippen molar-refractivity contribution in [1.29, 1.82) is 0 Å². The minimum Gasteiger partial charge on any atom is -0.326 e. The van der Waals surface area contributed by atoms with Gasteiger partial charge in [-0.3, -0.25) is 0 Å². The quantitative estimate of drug-likeness (QED) is 0.725. The molecular weight excluding hydrogens is 272 g/mol. The third-order valence-electron chi connectivity index (χ3n) is 3.47. The average molecular weight is 298 g/mol. The lowest BCUT2D eigenvalue weighted by molar-refractivity contribution is 0.573. The first kappa shape index (κ1) is 17.1. The molecule has 1 rings (SSSR count). The molecule has 0 aliphatic carbocycles. The fourth-order valence-electron chi connectivity index (χ4n) is 2.22. The van der Waals surface area contributed by atoms with E-state index in [1.54, 1.807) is 6.07 Å². The summed E-state index contributed by atoms with van der Waals surface area (Å²) in [5, 5.41) is 0. The van der Waals surface area contributed by atoms with Gasteiger partial charge in [-0.05, 0) is 43.0 Å². The molecule has 0 saturated carbocycles. The van der Waals surface area contributed by atoms with Crippen LogP contribution in [0.2, 0.25) is 0 Å². The minimum absolute atomic E-state index is 0.346. The van der Waals surface area contributed by atoms with E-state index in [9.17, 15) is 8.42 Å².